The molecule has 8 heteroatoms. The Bertz CT molecular complexity index is 779. The molecule has 1 fully saturated rings. The van der Waals surface area contributed by atoms with Crippen molar-refractivity contribution in [1.29, 1.82) is 0 Å². The van der Waals surface area contributed by atoms with E-state index >= 15 is 0 Å². The average Bonchev–Trinajstić information content (AvgIpc) is 2.62. The van der Waals surface area contributed by atoms with Crippen LogP contribution in [0.25, 0.3) is 0 Å². The fraction of sp³-hybridized carbons (Fsp3) is 0.444. The van der Waals surface area contributed by atoms with Crippen molar-refractivity contribution in [3.63, 3.8) is 0 Å². The van der Waals surface area contributed by atoms with Gasteiger partial charge in [0.25, 0.3) is 0 Å². The lowest BCUT2D eigenvalue weighted by atomic mass is 10.0. The summed E-state index contributed by atoms with van der Waals surface area (Å²) in [6.45, 7) is 1.67. The molecule has 2 aromatic rings. The minimum Gasteiger partial charge on any atom is -0.486 e. The molecule has 0 saturated carbocycles. The molecule has 1 N–H and O–H groups in total. The number of hydrogen-bond donors (Lipinski definition) is 1. The van der Waals surface area contributed by atoms with Crippen molar-refractivity contribution in [2.75, 3.05) is 37.1 Å². The number of nitrogens with zero attached hydrogens (tertiary/aromatic N) is 3. The van der Waals surface area contributed by atoms with Gasteiger partial charge in [-0.1, -0.05) is 0 Å². The van der Waals surface area contributed by atoms with Gasteiger partial charge in [0.1, 0.15) is 18.2 Å². The van der Waals surface area contributed by atoms with Crippen LogP contribution in [0.4, 0.5) is 20.5 Å². The monoisotopic (exact) mass is 362 g/mol. The summed E-state index contributed by atoms with van der Waals surface area (Å²) in [5, 5.41) is 3.27. The van der Waals surface area contributed by atoms with Crippen LogP contribution >= 0.6 is 0 Å². The molecule has 1 saturated heterocycles. The molecule has 2 atom stereocenters. The highest BCUT2D eigenvalue weighted by molar-refractivity contribution is 5.57. The van der Waals surface area contributed by atoms with Crippen LogP contribution in [-0.2, 0) is 4.74 Å². The second-order valence-electron chi connectivity index (χ2n) is 6.58. The first-order valence-corrected chi connectivity index (χ1v) is 8.63. The average molecular weight is 362 g/mol. The topological polar surface area (TPSA) is 59.5 Å². The van der Waals surface area contributed by atoms with Crippen molar-refractivity contribution in [2.24, 2.45) is 0 Å². The molecular weight excluding hydrogens is 342 g/mol. The summed E-state index contributed by atoms with van der Waals surface area (Å²) >= 11 is 0. The van der Waals surface area contributed by atoms with E-state index in [1.165, 1.54) is 12.1 Å². The van der Waals surface area contributed by atoms with Gasteiger partial charge in [0.05, 0.1) is 24.9 Å². The summed E-state index contributed by atoms with van der Waals surface area (Å²) < 4.78 is 38.4. The zero-order valence-electron chi connectivity index (χ0n) is 14.4. The van der Waals surface area contributed by atoms with Crippen molar-refractivity contribution >= 4 is 11.8 Å². The molecule has 0 aliphatic carbocycles. The van der Waals surface area contributed by atoms with Crippen LogP contribution in [0.2, 0.25) is 0 Å². The van der Waals surface area contributed by atoms with Crippen molar-refractivity contribution < 1.29 is 18.3 Å². The molecule has 4 rings (SSSR count). The Morgan fingerprint density at radius 1 is 1.19 bits per heavy atom. The van der Waals surface area contributed by atoms with Crippen LogP contribution in [0, 0.1) is 11.6 Å². The molecule has 3 heterocycles. The second-order valence-corrected chi connectivity index (χ2v) is 6.58. The smallest absolute Gasteiger partial charge is 0.225 e. The number of rotatable bonds is 3. The Labute approximate surface area is 150 Å². The molecule has 0 spiro atoms. The van der Waals surface area contributed by atoms with E-state index in [1.54, 1.807) is 6.20 Å². The number of ether oxygens (including phenoxy) is 2. The molecule has 6 nitrogen and oxygen atoms in total. The highest BCUT2D eigenvalue weighted by Gasteiger charge is 2.29. The van der Waals surface area contributed by atoms with Gasteiger partial charge in [-0.05, 0) is 30.5 Å². The van der Waals surface area contributed by atoms with Crippen molar-refractivity contribution in [1.82, 2.24) is 9.97 Å². The highest BCUT2D eigenvalue weighted by Crippen LogP contribution is 2.37. The lowest BCUT2D eigenvalue weighted by molar-refractivity contribution is 0.0874. The minimum absolute atomic E-state index is 0.171. The van der Waals surface area contributed by atoms with Crippen LogP contribution in [-0.4, -0.2) is 42.9 Å². The summed E-state index contributed by atoms with van der Waals surface area (Å²) in [5.74, 6) is 0.398. The molecule has 0 amide bonds. The van der Waals surface area contributed by atoms with E-state index in [9.17, 15) is 8.78 Å². The van der Waals surface area contributed by atoms with Gasteiger partial charge in [-0.25, -0.2) is 13.8 Å². The Hall–Kier alpha value is -2.48. The molecule has 0 bridgehead atoms. The maximum absolute atomic E-state index is 13.6. The number of nitrogens with one attached hydrogen (secondary N) is 1. The van der Waals surface area contributed by atoms with Crippen molar-refractivity contribution in [2.45, 2.75) is 24.9 Å². The molecule has 2 unspecified atom stereocenters. The number of likely N-dealkylation sites (N-methyl/N-ethyl adjacent to an activating group) is 1. The standard InChI is InChI=1S/C18H20F2N4O2/c1-24-15(11-5-12(19)7-13(20)6-11)10-26-16-8-21-18(23-17(16)24)22-14-3-2-4-25-9-14/h5-8,14-15H,2-4,9-10H2,1H3,(H,21,22,23). The van der Waals surface area contributed by atoms with Gasteiger partial charge >= 0.3 is 0 Å². The number of benzene rings is 1. The van der Waals surface area contributed by atoms with Gasteiger partial charge in [0.2, 0.25) is 5.95 Å². The minimum atomic E-state index is -0.610. The van der Waals surface area contributed by atoms with Crippen molar-refractivity contribution in [3.8, 4) is 5.75 Å². The molecule has 26 heavy (non-hydrogen) atoms. The van der Waals surface area contributed by atoms with Crippen LogP contribution in [0.3, 0.4) is 0 Å². The maximum Gasteiger partial charge on any atom is 0.225 e. The number of anilines is 2. The van der Waals surface area contributed by atoms with E-state index in [0.29, 0.717) is 29.7 Å². The molecule has 1 aromatic heterocycles. The van der Waals surface area contributed by atoms with Crippen LogP contribution < -0.4 is 15.0 Å². The fourth-order valence-corrected chi connectivity index (χ4v) is 3.34. The van der Waals surface area contributed by atoms with E-state index in [1.807, 2.05) is 11.9 Å². The third-order valence-corrected chi connectivity index (χ3v) is 4.70. The van der Waals surface area contributed by atoms with Crippen LogP contribution in [0.15, 0.2) is 24.4 Å². The van der Waals surface area contributed by atoms with Gasteiger partial charge in [-0.3, -0.25) is 0 Å². The zero-order valence-corrected chi connectivity index (χ0v) is 14.4. The Balaban J connectivity index is 1.58. The predicted octanol–water partition coefficient (Wildman–Crippen LogP) is 2.92. The number of halogens is 2. The predicted molar refractivity (Wildman–Crippen MR) is 92.5 cm³/mol. The maximum atomic E-state index is 13.6. The van der Waals surface area contributed by atoms with Gasteiger partial charge in [-0.15, -0.1) is 0 Å². The van der Waals surface area contributed by atoms with Gasteiger partial charge in [-0.2, -0.15) is 4.98 Å². The zero-order chi connectivity index (χ0) is 18.1. The third kappa shape index (κ3) is 3.41. The first kappa shape index (κ1) is 17.0. The molecule has 1 aromatic carbocycles. The first-order valence-electron chi connectivity index (χ1n) is 8.63. The Morgan fingerprint density at radius 3 is 2.73 bits per heavy atom. The lowest BCUT2D eigenvalue weighted by Gasteiger charge is -2.35. The summed E-state index contributed by atoms with van der Waals surface area (Å²) in [5.41, 5.74) is 0.504. The lowest BCUT2D eigenvalue weighted by Crippen LogP contribution is -2.35. The highest BCUT2D eigenvalue weighted by atomic mass is 19.1. The van der Waals surface area contributed by atoms with E-state index in [-0.39, 0.29) is 18.7 Å². The SMILES string of the molecule is CN1c2nc(NC3CCCOC3)ncc2OCC1c1cc(F)cc(F)c1. The summed E-state index contributed by atoms with van der Waals surface area (Å²) in [6.07, 6.45) is 3.62. The van der Waals surface area contributed by atoms with E-state index < -0.39 is 11.6 Å². The largest absolute Gasteiger partial charge is 0.486 e. The number of hydrogen-bond acceptors (Lipinski definition) is 6. The van der Waals surface area contributed by atoms with Gasteiger partial charge in [0, 0.05) is 19.7 Å². The molecule has 2 aliphatic heterocycles. The van der Waals surface area contributed by atoms with E-state index in [2.05, 4.69) is 15.3 Å². The quantitative estimate of drug-likeness (QED) is 0.906. The van der Waals surface area contributed by atoms with Crippen LogP contribution in [0.5, 0.6) is 5.75 Å². The van der Waals surface area contributed by atoms with E-state index in [0.717, 1.165) is 25.5 Å². The number of fused-ring (bicyclic) bond motifs is 1. The number of aromatic nitrogens is 2. The molecule has 2 aliphatic rings. The van der Waals surface area contributed by atoms with Gasteiger partial charge in [0.15, 0.2) is 11.6 Å². The summed E-state index contributed by atoms with van der Waals surface area (Å²) in [4.78, 5) is 10.7. The summed E-state index contributed by atoms with van der Waals surface area (Å²) in [6, 6.07) is 3.33. The molecule has 138 valence electrons. The Morgan fingerprint density at radius 2 is 2.00 bits per heavy atom. The van der Waals surface area contributed by atoms with E-state index in [4.69, 9.17) is 9.47 Å². The normalized spacial score (nSPS) is 22.5. The Kier molecular flexibility index (Phi) is 4.58. The second kappa shape index (κ2) is 7.03. The van der Waals surface area contributed by atoms with Crippen molar-refractivity contribution in [3.05, 3.63) is 41.6 Å². The summed E-state index contributed by atoms with van der Waals surface area (Å²) in [7, 11) is 1.83. The van der Waals surface area contributed by atoms with Crippen LogP contribution in [0.1, 0.15) is 24.4 Å². The molecular formula is C18H20F2N4O2. The van der Waals surface area contributed by atoms with Gasteiger partial charge < -0.3 is 19.7 Å². The molecule has 0 radical (unpaired) electrons. The fourth-order valence-electron chi connectivity index (χ4n) is 3.34. The third-order valence-electron chi connectivity index (χ3n) is 4.70. The first-order chi connectivity index (χ1) is 12.6.